The van der Waals surface area contributed by atoms with E-state index in [0.29, 0.717) is 4.60 Å². The number of halogens is 4. The fraction of sp³-hybridized carbons (Fsp3) is 0.286. The van der Waals surface area contributed by atoms with Gasteiger partial charge in [0.15, 0.2) is 11.6 Å². The van der Waals surface area contributed by atoms with Crippen molar-refractivity contribution in [3.63, 3.8) is 0 Å². The molecule has 15 heavy (non-hydrogen) atoms. The third kappa shape index (κ3) is 3.24. The van der Waals surface area contributed by atoms with Crippen LogP contribution in [-0.4, -0.2) is 11.3 Å². The van der Waals surface area contributed by atoms with Crippen molar-refractivity contribution >= 4 is 21.7 Å². The Kier molecular flexibility index (Phi) is 3.40. The van der Waals surface area contributed by atoms with E-state index in [1.165, 1.54) is 6.07 Å². The molecule has 4 N–H and O–H groups in total. The van der Waals surface area contributed by atoms with Crippen molar-refractivity contribution in [2.75, 3.05) is 5.73 Å². The van der Waals surface area contributed by atoms with E-state index in [4.69, 9.17) is 11.5 Å². The summed E-state index contributed by atoms with van der Waals surface area (Å²) in [6.07, 6.45) is -4.81. The lowest BCUT2D eigenvalue weighted by atomic mass is 10.2. The molecule has 1 aromatic heterocycles. The van der Waals surface area contributed by atoms with E-state index < -0.39 is 12.1 Å². The normalized spacial score (nSPS) is 11.5. The highest BCUT2D eigenvalue weighted by atomic mass is 79.9. The minimum absolute atomic E-state index is 0.128. The van der Waals surface area contributed by atoms with Crippen LogP contribution in [0.25, 0.3) is 0 Å². The molecule has 84 valence electrons. The Balaban J connectivity index is 3.15. The molecule has 0 saturated carbocycles. The highest BCUT2D eigenvalue weighted by Gasteiger charge is 2.33. The van der Waals surface area contributed by atoms with Crippen LogP contribution < -0.4 is 16.2 Å². The molecule has 0 aliphatic heterocycles. The second-order valence-corrected chi connectivity index (χ2v) is 3.38. The third-order valence-corrected chi connectivity index (χ3v) is 1.89. The molecule has 1 heterocycles. The maximum absolute atomic E-state index is 12.0. The van der Waals surface area contributed by atoms with Gasteiger partial charge in [0.25, 0.3) is 0 Å². The average Bonchev–Trinajstić information content (AvgIpc) is 2.07. The molecule has 0 amide bonds. The highest BCUT2D eigenvalue weighted by Crippen LogP contribution is 2.32. The van der Waals surface area contributed by atoms with Crippen LogP contribution in [0.4, 0.5) is 19.0 Å². The average molecular weight is 286 g/mol. The number of aromatic nitrogens is 1. The Labute approximate surface area is 91.5 Å². The lowest BCUT2D eigenvalue weighted by molar-refractivity contribution is -0.274. The zero-order valence-corrected chi connectivity index (χ0v) is 8.89. The number of nitrogens with zero attached hydrogens (tertiary/aromatic N) is 1. The van der Waals surface area contributed by atoms with E-state index in [2.05, 4.69) is 25.7 Å². The zero-order chi connectivity index (χ0) is 11.6. The molecule has 0 atom stereocenters. The van der Waals surface area contributed by atoms with Crippen molar-refractivity contribution in [2.24, 2.45) is 5.73 Å². The van der Waals surface area contributed by atoms with Crippen molar-refractivity contribution in [2.45, 2.75) is 12.9 Å². The fourth-order valence-corrected chi connectivity index (χ4v) is 1.42. The minimum atomic E-state index is -4.81. The van der Waals surface area contributed by atoms with Crippen LogP contribution in [0.1, 0.15) is 5.56 Å². The first-order valence-electron chi connectivity index (χ1n) is 3.74. The van der Waals surface area contributed by atoms with Gasteiger partial charge in [-0.2, -0.15) is 0 Å². The Bertz CT molecular complexity index is 369. The predicted molar refractivity (Wildman–Crippen MR) is 50.9 cm³/mol. The van der Waals surface area contributed by atoms with E-state index in [0.717, 1.165) is 0 Å². The second kappa shape index (κ2) is 4.23. The molecule has 4 nitrogen and oxygen atoms in total. The highest BCUT2D eigenvalue weighted by molar-refractivity contribution is 9.10. The maximum atomic E-state index is 12.0. The Morgan fingerprint density at radius 2 is 2.07 bits per heavy atom. The molecule has 0 spiro atoms. The molecule has 0 saturated heterocycles. The standard InChI is InChI=1S/C7H7BrF3N3O/c8-4-1-3(2-12)5(6(13)14-4)15-7(9,10)11/h1H,2,12H2,(H2,13,14). The van der Waals surface area contributed by atoms with Crippen molar-refractivity contribution in [1.29, 1.82) is 0 Å². The van der Waals surface area contributed by atoms with Gasteiger partial charge in [-0.1, -0.05) is 0 Å². The molecule has 0 bridgehead atoms. The summed E-state index contributed by atoms with van der Waals surface area (Å²) in [6, 6.07) is 1.32. The van der Waals surface area contributed by atoms with E-state index in [9.17, 15) is 13.2 Å². The number of nitrogen functional groups attached to an aromatic ring is 1. The summed E-state index contributed by atoms with van der Waals surface area (Å²) >= 11 is 2.98. The SMILES string of the molecule is NCc1cc(Br)nc(N)c1OC(F)(F)F. The van der Waals surface area contributed by atoms with Gasteiger partial charge in [-0.05, 0) is 22.0 Å². The van der Waals surface area contributed by atoms with Gasteiger partial charge in [0, 0.05) is 12.1 Å². The van der Waals surface area contributed by atoms with Gasteiger partial charge < -0.3 is 16.2 Å². The Morgan fingerprint density at radius 3 is 2.53 bits per heavy atom. The summed E-state index contributed by atoms with van der Waals surface area (Å²) in [5.41, 5.74) is 10.7. The van der Waals surface area contributed by atoms with Crippen LogP contribution in [0.3, 0.4) is 0 Å². The molecule has 0 aliphatic rings. The van der Waals surface area contributed by atoms with Crippen LogP contribution in [0.15, 0.2) is 10.7 Å². The molecule has 0 radical (unpaired) electrons. The first-order valence-corrected chi connectivity index (χ1v) is 4.53. The number of ether oxygens (including phenoxy) is 1. The molecular weight excluding hydrogens is 279 g/mol. The third-order valence-electron chi connectivity index (χ3n) is 1.48. The van der Waals surface area contributed by atoms with Gasteiger partial charge in [-0.3, -0.25) is 0 Å². The summed E-state index contributed by atoms with van der Waals surface area (Å²) in [5, 5.41) is 0. The van der Waals surface area contributed by atoms with E-state index >= 15 is 0 Å². The van der Waals surface area contributed by atoms with E-state index in [1.807, 2.05) is 0 Å². The monoisotopic (exact) mass is 285 g/mol. The number of pyridine rings is 1. The first-order chi connectivity index (χ1) is 6.83. The summed E-state index contributed by atoms with van der Waals surface area (Å²) in [4.78, 5) is 3.58. The summed E-state index contributed by atoms with van der Waals surface area (Å²) in [5.74, 6) is -0.907. The number of alkyl halides is 3. The molecular formula is C7H7BrF3N3O. The lowest BCUT2D eigenvalue weighted by Gasteiger charge is -2.14. The molecule has 0 aliphatic carbocycles. The Morgan fingerprint density at radius 1 is 1.47 bits per heavy atom. The lowest BCUT2D eigenvalue weighted by Crippen LogP contribution is -2.20. The first kappa shape index (κ1) is 12.1. The van der Waals surface area contributed by atoms with Crippen molar-refractivity contribution in [3.05, 3.63) is 16.2 Å². The number of rotatable bonds is 2. The molecule has 0 fully saturated rings. The summed E-state index contributed by atoms with van der Waals surface area (Å²) in [7, 11) is 0. The molecule has 1 aromatic rings. The number of hydrogen-bond acceptors (Lipinski definition) is 4. The van der Waals surface area contributed by atoms with Crippen molar-refractivity contribution in [1.82, 2.24) is 4.98 Å². The van der Waals surface area contributed by atoms with Gasteiger partial charge in [0.1, 0.15) is 4.60 Å². The summed E-state index contributed by atoms with van der Waals surface area (Å²) in [6.45, 7) is -0.128. The molecule has 0 aromatic carbocycles. The van der Waals surface area contributed by atoms with Gasteiger partial charge in [0.2, 0.25) is 0 Å². The van der Waals surface area contributed by atoms with Crippen molar-refractivity contribution in [3.8, 4) is 5.75 Å². The molecule has 0 unspecified atom stereocenters. The quantitative estimate of drug-likeness (QED) is 0.813. The summed E-state index contributed by atoms with van der Waals surface area (Å²) < 4.78 is 40.0. The second-order valence-electron chi connectivity index (χ2n) is 2.57. The van der Waals surface area contributed by atoms with Crippen LogP contribution in [0.5, 0.6) is 5.75 Å². The maximum Gasteiger partial charge on any atom is 0.573 e. The van der Waals surface area contributed by atoms with Gasteiger partial charge >= 0.3 is 6.36 Å². The predicted octanol–water partition coefficient (Wildman–Crippen LogP) is 1.78. The van der Waals surface area contributed by atoms with Crippen LogP contribution in [0.2, 0.25) is 0 Å². The zero-order valence-electron chi connectivity index (χ0n) is 7.31. The smallest absolute Gasteiger partial charge is 0.401 e. The van der Waals surface area contributed by atoms with Crippen LogP contribution >= 0.6 is 15.9 Å². The van der Waals surface area contributed by atoms with E-state index in [-0.39, 0.29) is 17.9 Å². The number of nitrogens with two attached hydrogens (primary N) is 2. The van der Waals surface area contributed by atoms with Crippen LogP contribution in [-0.2, 0) is 6.54 Å². The fourth-order valence-electron chi connectivity index (χ4n) is 0.957. The largest absolute Gasteiger partial charge is 0.573 e. The van der Waals surface area contributed by atoms with Crippen molar-refractivity contribution < 1.29 is 17.9 Å². The van der Waals surface area contributed by atoms with Gasteiger partial charge in [-0.25, -0.2) is 4.98 Å². The van der Waals surface area contributed by atoms with Gasteiger partial charge in [-0.15, -0.1) is 13.2 Å². The topological polar surface area (TPSA) is 74.2 Å². The molecule has 1 rings (SSSR count). The minimum Gasteiger partial charge on any atom is -0.401 e. The number of anilines is 1. The van der Waals surface area contributed by atoms with Crippen LogP contribution in [0, 0.1) is 0 Å². The number of hydrogen-bond donors (Lipinski definition) is 2. The van der Waals surface area contributed by atoms with E-state index in [1.54, 1.807) is 0 Å². The molecule has 8 heteroatoms. The van der Waals surface area contributed by atoms with Gasteiger partial charge in [0.05, 0.1) is 0 Å². The Hall–Kier alpha value is -1.02.